The molecule has 0 aliphatic rings. The van der Waals surface area contributed by atoms with Crippen LogP contribution in [0.3, 0.4) is 0 Å². The lowest BCUT2D eigenvalue weighted by Gasteiger charge is -2.03. The zero-order chi connectivity index (χ0) is 14.3. The minimum atomic E-state index is 0.0649. The summed E-state index contributed by atoms with van der Waals surface area (Å²) >= 11 is 8.60. The Kier molecular flexibility index (Phi) is 3.80. The van der Waals surface area contributed by atoms with Gasteiger partial charge in [-0.2, -0.15) is 0 Å². The molecule has 1 aromatic heterocycles. The predicted molar refractivity (Wildman–Crippen MR) is 91.8 cm³/mol. The van der Waals surface area contributed by atoms with Gasteiger partial charge < -0.3 is 0 Å². The molecule has 0 bridgehead atoms. The minimum Gasteiger partial charge on any atom is -0.289 e. The molecule has 0 atom stereocenters. The first-order valence-corrected chi connectivity index (χ1v) is 8.51. The minimum absolute atomic E-state index is 0.0649. The SMILES string of the molecule is Cc1ccc(C(=O)c2csc3c(Br)cccc23)cc1Br. The second kappa shape index (κ2) is 5.43. The van der Waals surface area contributed by atoms with Crippen molar-refractivity contribution < 1.29 is 4.79 Å². The van der Waals surface area contributed by atoms with E-state index in [9.17, 15) is 4.79 Å². The largest absolute Gasteiger partial charge is 0.289 e. The van der Waals surface area contributed by atoms with Crippen LogP contribution < -0.4 is 0 Å². The lowest BCUT2D eigenvalue weighted by atomic mass is 10.0. The molecule has 100 valence electrons. The lowest BCUT2D eigenvalue weighted by molar-refractivity contribution is 0.104. The number of carbonyl (C=O) groups is 1. The van der Waals surface area contributed by atoms with Gasteiger partial charge in [-0.1, -0.05) is 40.2 Å². The number of rotatable bonds is 2. The molecule has 0 unspecified atom stereocenters. The van der Waals surface area contributed by atoms with Crippen molar-refractivity contribution in [2.24, 2.45) is 0 Å². The zero-order valence-electron chi connectivity index (χ0n) is 10.6. The van der Waals surface area contributed by atoms with E-state index in [1.807, 2.05) is 48.7 Å². The number of hydrogen-bond acceptors (Lipinski definition) is 2. The van der Waals surface area contributed by atoms with Crippen LogP contribution in [0, 0.1) is 6.92 Å². The molecule has 3 aromatic rings. The molecule has 0 saturated heterocycles. The summed E-state index contributed by atoms with van der Waals surface area (Å²) in [6.07, 6.45) is 0. The number of fused-ring (bicyclic) bond motifs is 1. The molecule has 1 heterocycles. The van der Waals surface area contributed by atoms with E-state index >= 15 is 0 Å². The van der Waals surface area contributed by atoms with Crippen LogP contribution >= 0.6 is 43.2 Å². The normalized spacial score (nSPS) is 10.9. The molecule has 1 nitrogen and oxygen atoms in total. The van der Waals surface area contributed by atoms with Gasteiger partial charge >= 0.3 is 0 Å². The van der Waals surface area contributed by atoms with Crippen LogP contribution in [0.5, 0.6) is 0 Å². The van der Waals surface area contributed by atoms with Gasteiger partial charge in [0.05, 0.1) is 0 Å². The number of hydrogen-bond donors (Lipinski definition) is 0. The Balaban J connectivity index is 2.13. The maximum absolute atomic E-state index is 12.7. The smallest absolute Gasteiger partial charge is 0.194 e. The topological polar surface area (TPSA) is 17.1 Å². The highest BCUT2D eigenvalue weighted by Gasteiger charge is 2.16. The predicted octanol–water partition coefficient (Wildman–Crippen LogP) is 5.97. The number of thiophene rings is 1. The summed E-state index contributed by atoms with van der Waals surface area (Å²) in [4.78, 5) is 12.7. The van der Waals surface area contributed by atoms with Gasteiger partial charge in [0.2, 0.25) is 0 Å². The highest BCUT2D eigenvalue weighted by atomic mass is 79.9. The third-order valence-corrected chi connectivity index (χ3v) is 6.04. The van der Waals surface area contributed by atoms with Crippen molar-refractivity contribution in [2.75, 3.05) is 0 Å². The van der Waals surface area contributed by atoms with E-state index in [1.165, 1.54) is 0 Å². The molecule has 20 heavy (non-hydrogen) atoms. The van der Waals surface area contributed by atoms with Gasteiger partial charge in [-0.05, 0) is 40.5 Å². The summed E-state index contributed by atoms with van der Waals surface area (Å²) in [5.41, 5.74) is 2.60. The van der Waals surface area contributed by atoms with E-state index in [4.69, 9.17) is 0 Å². The molecule has 0 spiro atoms. The maximum atomic E-state index is 12.7. The van der Waals surface area contributed by atoms with Gasteiger partial charge in [0.15, 0.2) is 5.78 Å². The van der Waals surface area contributed by atoms with Gasteiger partial charge in [-0.25, -0.2) is 0 Å². The summed E-state index contributed by atoms with van der Waals surface area (Å²) in [7, 11) is 0. The lowest BCUT2D eigenvalue weighted by Crippen LogP contribution is -2.00. The summed E-state index contributed by atoms with van der Waals surface area (Å²) < 4.78 is 3.11. The van der Waals surface area contributed by atoms with Crippen LogP contribution in [0.1, 0.15) is 21.5 Å². The molecule has 0 N–H and O–H groups in total. The fourth-order valence-electron chi connectivity index (χ4n) is 2.09. The van der Waals surface area contributed by atoms with Crippen LogP contribution in [-0.2, 0) is 0 Å². The van der Waals surface area contributed by atoms with Crippen molar-refractivity contribution in [1.82, 2.24) is 0 Å². The molecule has 0 amide bonds. The molecule has 0 fully saturated rings. The Hall–Kier alpha value is -0.970. The van der Waals surface area contributed by atoms with Crippen molar-refractivity contribution in [2.45, 2.75) is 6.92 Å². The van der Waals surface area contributed by atoms with Crippen LogP contribution in [0.15, 0.2) is 50.7 Å². The Morgan fingerprint density at radius 3 is 2.65 bits per heavy atom. The second-order valence-corrected chi connectivity index (χ2v) is 7.15. The summed E-state index contributed by atoms with van der Waals surface area (Å²) in [5.74, 6) is 0.0649. The van der Waals surface area contributed by atoms with Gasteiger partial charge in [0.1, 0.15) is 0 Å². The van der Waals surface area contributed by atoms with Crippen molar-refractivity contribution >= 4 is 59.1 Å². The number of ketones is 1. The average Bonchev–Trinajstić information content (AvgIpc) is 2.86. The van der Waals surface area contributed by atoms with E-state index < -0.39 is 0 Å². The van der Waals surface area contributed by atoms with Crippen LogP contribution in [-0.4, -0.2) is 5.78 Å². The Morgan fingerprint density at radius 2 is 1.90 bits per heavy atom. The number of aryl methyl sites for hydroxylation is 1. The molecule has 0 aliphatic carbocycles. The van der Waals surface area contributed by atoms with Crippen molar-refractivity contribution in [3.8, 4) is 0 Å². The molecule has 0 aliphatic heterocycles. The van der Waals surface area contributed by atoms with Gasteiger partial charge in [0, 0.05) is 35.5 Å². The highest BCUT2D eigenvalue weighted by molar-refractivity contribution is 9.11. The van der Waals surface area contributed by atoms with Crippen LogP contribution in [0.2, 0.25) is 0 Å². The quantitative estimate of drug-likeness (QED) is 0.476. The van der Waals surface area contributed by atoms with E-state index in [0.717, 1.165) is 30.2 Å². The monoisotopic (exact) mass is 408 g/mol. The molecular formula is C16H10Br2OS. The number of carbonyl (C=O) groups excluding carboxylic acids is 1. The van der Waals surface area contributed by atoms with Gasteiger partial charge in [-0.3, -0.25) is 4.79 Å². The van der Waals surface area contributed by atoms with Crippen molar-refractivity contribution in [3.63, 3.8) is 0 Å². The molecular weight excluding hydrogens is 400 g/mol. The van der Waals surface area contributed by atoms with E-state index in [1.54, 1.807) is 11.3 Å². The summed E-state index contributed by atoms with van der Waals surface area (Å²) in [5, 5.41) is 2.94. The summed E-state index contributed by atoms with van der Waals surface area (Å²) in [6.45, 7) is 2.01. The summed E-state index contributed by atoms with van der Waals surface area (Å²) in [6, 6.07) is 11.7. The third kappa shape index (κ3) is 2.36. The Labute approximate surface area is 137 Å². The standard InChI is InChI=1S/C16H10Br2OS/c1-9-5-6-10(7-14(9)18)15(19)12-8-20-16-11(12)3-2-4-13(16)17/h2-8H,1H3. The number of halogens is 2. The maximum Gasteiger partial charge on any atom is 0.194 e. The zero-order valence-corrected chi connectivity index (χ0v) is 14.6. The first-order valence-electron chi connectivity index (χ1n) is 6.04. The molecule has 0 saturated carbocycles. The average molecular weight is 410 g/mol. The fraction of sp³-hybridized carbons (Fsp3) is 0.0625. The van der Waals surface area contributed by atoms with E-state index in [0.29, 0.717) is 5.56 Å². The molecule has 4 heteroatoms. The first-order chi connectivity index (χ1) is 9.58. The fourth-order valence-corrected chi connectivity index (χ4v) is 4.07. The third-order valence-electron chi connectivity index (χ3n) is 3.23. The van der Waals surface area contributed by atoms with Crippen molar-refractivity contribution in [1.29, 1.82) is 0 Å². The van der Waals surface area contributed by atoms with Gasteiger partial charge in [-0.15, -0.1) is 11.3 Å². The Bertz CT molecular complexity index is 820. The second-order valence-electron chi connectivity index (χ2n) is 4.56. The van der Waals surface area contributed by atoms with Crippen LogP contribution in [0.25, 0.3) is 10.1 Å². The van der Waals surface area contributed by atoms with E-state index in [2.05, 4.69) is 31.9 Å². The molecule has 3 rings (SSSR count). The number of benzene rings is 2. The van der Waals surface area contributed by atoms with Gasteiger partial charge in [0.25, 0.3) is 0 Å². The molecule has 0 radical (unpaired) electrons. The molecule has 2 aromatic carbocycles. The Morgan fingerprint density at radius 1 is 1.10 bits per heavy atom. The van der Waals surface area contributed by atoms with Crippen molar-refractivity contribution in [3.05, 3.63) is 67.4 Å². The van der Waals surface area contributed by atoms with E-state index in [-0.39, 0.29) is 5.78 Å². The highest BCUT2D eigenvalue weighted by Crippen LogP contribution is 2.33. The van der Waals surface area contributed by atoms with Crippen LogP contribution in [0.4, 0.5) is 0 Å². The first kappa shape index (κ1) is 14.0.